The molecule has 0 aromatic heterocycles. The Kier molecular flexibility index (Phi) is 6.03. The molecule has 0 radical (unpaired) electrons. The topological polar surface area (TPSA) is 0 Å². The average Bonchev–Trinajstić information content (AvgIpc) is 2.81. The maximum Gasteiger partial charge on any atom is 0.0153 e. The summed E-state index contributed by atoms with van der Waals surface area (Å²) in [6, 6.07) is 13.5. The first-order valence-electron chi connectivity index (χ1n) is 14.3. The maximum atomic E-state index is 4.84. The molecule has 1 saturated carbocycles. The Balaban J connectivity index is 1.75. The molecule has 2 unspecified atom stereocenters. The van der Waals surface area contributed by atoms with E-state index in [1.165, 1.54) is 67.7 Å². The third kappa shape index (κ3) is 3.48. The first-order chi connectivity index (χ1) is 17.7. The number of hydrogen-bond acceptors (Lipinski definition) is 0. The number of allylic oxidation sites excluding steroid dienone is 6. The van der Waals surface area contributed by atoms with Gasteiger partial charge < -0.3 is 0 Å². The van der Waals surface area contributed by atoms with E-state index in [9.17, 15) is 0 Å². The highest BCUT2D eigenvalue weighted by molar-refractivity contribution is 5.90. The summed E-state index contributed by atoms with van der Waals surface area (Å²) in [6.07, 6.45) is 3.38. The van der Waals surface area contributed by atoms with Crippen molar-refractivity contribution in [2.45, 2.75) is 74.7 Å². The second-order valence-corrected chi connectivity index (χ2v) is 13.8. The van der Waals surface area contributed by atoms with E-state index in [2.05, 4.69) is 105 Å². The van der Waals surface area contributed by atoms with Crippen LogP contribution in [0.3, 0.4) is 0 Å². The van der Waals surface area contributed by atoms with Crippen LogP contribution in [0.2, 0.25) is 0 Å². The molecule has 0 saturated heterocycles. The fourth-order valence-corrected chi connectivity index (χ4v) is 9.30. The van der Waals surface area contributed by atoms with Crippen molar-refractivity contribution in [3.8, 4) is 11.1 Å². The minimum atomic E-state index is -0.0697. The fraction of sp³-hybridized carbons (Fsp3) is 0.421. The Morgan fingerprint density at radius 2 is 1.66 bits per heavy atom. The van der Waals surface area contributed by atoms with E-state index in [4.69, 9.17) is 13.2 Å². The van der Waals surface area contributed by atoms with Crippen molar-refractivity contribution >= 4 is 11.1 Å². The largest absolute Gasteiger partial charge is 0.0995 e. The second kappa shape index (κ2) is 8.57. The second-order valence-electron chi connectivity index (χ2n) is 13.8. The van der Waals surface area contributed by atoms with E-state index < -0.39 is 0 Å². The van der Waals surface area contributed by atoms with E-state index in [0.29, 0.717) is 11.8 Å². The Labute approximate surface area is 232 Å². The molecule has 0 nitrogen and oxygen atoms in total. The third-order valence-corrected chi connectivity index (χ3v) is 11.0. The van der Waals surface area contributed by atoms with Crippen molar-refractivity contribution in [3.05, 3.63) is 107 Å². The lowest BCUT2D eigenvalue weighted by molar-refractivity contribution is -0.00205. The molecular weight excluding hydrogens is 456 g/mol. The van der Waals surface area contributed by atoms with Crippen LogP contribution in [0, 0.1) is 35.0 Å². The van der Waals surface area contributed by atoms with Crippen molar-refractivity contribution < 1.29 is 0 Å². The van der Waals surface area contributed by atoms with Gasteiger partial charge in [-0.05, 0) is 114 Å². The number of aryl methyl sites for hydroxylation is 1. The minimum Gasteiger partial charge on any atom is -0.0995 e. The van der Waals surface area contributed by atoms with Crippen molar-refractivity contribution in [2.75, 3.05) is 0 Å². The van der Waals surface area contributed by atoms with Gasteiger partial charge in [0, 0.05) is 11.3 Å². The van der Waals surface area contributed by atoms with Gasteiger partial charge in [-0.3, -0.25) is 0 Å². The molecule has 3 aliphatic carbocycles. The number of hydrogen-bond donors (Lipinski definition) is 0. The summed E-state index contributed by atoms with van der Waals surface area (Å²) in [7, 11) is 0. The Bertz CT molecular complexity index is 1460. The van der Waals surface area contributed by atoms with E-state index in [0.717, 1.165) is 18.4 Å². The summed E-state index contributed by atoms with van der Waals surface area (Å²) in [5.41, 5.74) is 16.0. The van der Waals surface area contributed by atoms with Gasteiger partial charge >= 0.3 is 0 Å². The van der Waals surface area contributed by atoms with Gasteiger partial charge in [0.1, 0.15) is 0 Å². The summed E-state index contributed by atoms with van der Waals surface area (Å²) in [5.74, 6) is 0.920. The molecule has 2 aromatic carbocycles. The van der Waals surface area contributed by atoms with E-state index in [1.54, 1.807) is 0 Å². The molecule has 5 rings (SSSR count). The summed E-state index contributed by atoms with van der Waals surface area (Å²) >= 11 is 0. The number of benzene rings is 2. The van der Waals surface area contributed by atoms with Crippen LogP contribution in [0.5, 0.6) is 0 Å². The zero-order valence-electron chi connectivity index (χ0n) is 25.1. The standard InChI is InChI=1S/C38H46/c1-22(2)29-14-13-15-30(18-29)31-17-16-24(5)34-26(7)35-28(9)38(12)27(8)33(23(3)4)25(6)19-37(38,11)21-36(35,10)20-32(31)34/h13-18,25,33H,1,3,7-8,19-21H2,2,4-6,9-12H3/t25?,33?,36-,37+,38-/m1/s1. The SMILES string of the molecule is C=C(C)c1cccc(-c2ccc(C)c3c2C[C@]2(C)C[C@]4(C)CC(C)C(C(=C)C)C(=C)[C@]4(C)C(C)=C2C3=C)c1. The normalized spacial score (nSPS) is 32.4. The molecule has 0 N–H and O–H groups in total. The molecule has 198 valence electrons. The first kappa shape index (κ1) is 26.7. The molecular formula is C38H46. The van der Waals surface area contributed by atoms with E-state index in [1.807, 2.05) is 0 Å². The van der Waals surface area contributed by atoms with Gasteiger partial charge in [0.25, 0.3) is 0 Å². The molecule has 0 amide bonds. The number of rotatable bonds is 3. The van der Waals surface area contributed by atoms with E-state index >= 15 is 0 Å². The van der Waals surface area contributed by atoms with Crippen LogP contribution in [-0.2, 0) is 6.42 Å². The monoisotopic (exact) mass is 502 g/mol. The molecule has 2 aromatic rings. The van der Waals surface area contributed by atoms with Gasteiger partial charge in [-0.1, -0.05) is 107 Å². The molecule has 5 atom stereocenters. The van der Waals surface area contributed by atoms with Gasteiger partial charge in [0.15, 0.2) is 0 Å². The molecule has 0 heterocycles. The third-order valence-electron chi connectivity index (χ3n) is 11.0. The minimum absolute atomic E-state index is 0.0347. The van der Waals surface area contributed by atoms with Crippen molar-refractivity contribution in [1.29, 1.82) is 0 Å². The van der Waals surface area contributed by atoms with Crippen LogP contribution >= 0.6 is 0 Å². The fourth-order valence-electron chi connectivity index (χ4n) is 9.30. The van der Waals surface area contributed by atoms with Gasteiger partial charge in [-0.25, -0.2) is 0 Å². The molecule has 0 aliphatic heterocycles. The molecule has 1 fully saturated rings. The maximum absolute atomic E-state index is 4.84. The van der Waals surface area contributed by atoms with Gasteiger partial charge in [-0.15, -0.1) is 0 Å². The quantitative estimate of drug-likeness (QED) is 0.366. The number of fused-ring (bicyclic) bond motifs is 3. The summed E-state index contributed by atoms with van der Waals surface area (Å²) in [6.45, 7) is 37.1. The van der Waals surface area contributed by atoms with E-state index in [-0.39, 0.29) is 16.2 Å². The van der Waals surface area contributed by atoms with Crippen LogP contribution in [0.1, 0.15) is 83.6 Å². The molecule has 38 heavy (non-hydrogen) atoms. The van der Waals surface area contributed by atoms with Crippen LogP contribution < -0.4 is 0 Å². The highest BCUT2D eigenvalue weighted by Gasteiger charge is 2.61. The summed E-state index contributed by atoms with van der Waals surface area (Å²) in [4.78, 5) is 0. The molecule has 0 bridgehead atoms. The predicted octanol–water partition coefficient (Wildman–Crippen LogP) is 10.8. The zero-order chi connectivity index (χ0) is 27.9. The van der Waals surface area contributed by atoms with Crippen molar-refractivity contribution in [2.24, 2.45) is 28.1 Å². The van der Waals surface area contributed by atoms with Crippen molar-refractivity contribution in [3.63, 3.8) is 0 Å². The Morgan fingerprint density at radius 1 is 0.974 bits per heavy atom. The lowest BCUT2D eigenvalue weighted by atomic mass is 9.39. The van der Waals surface area contributed by atoms with Crippen LogP contribution in [-0.4, -0.2) is 0 Å². The average molecular weight is 503 g/mol. The molecule has 3 aliphatic rings. The lowest BCUT2D eigenvalue weighted by Gasteiger charge is -2.64. The van der Waals surface area contributed by atoms with Crippen LogP contribution in [0.25, 0.3) is 22.3 Å². The highest BCUT2D eigenvalue weighted by Crippen LogP contribution is 2.71. The van der Waals surface area contributed by atoms with Crippen LogP contribution in [0.15, 0.2) is 85.0 Å². The summed E-state index contributed by atoms with van der Waals surface area (Å²) < 4.78 is 0. The van der Waals surface area contributed by atoms with Crippen molar-refractivity contribution in [1.82, 2.24) is 0 Å². The zero-order valence-corrected chi connectivity index (χ0v) is 25.1. The Hall–Kier alpha value is -2.86. The lowest BCUT2D eigenvalue weighted by Crippen LogP contribution is -2.55. The van der Waals surface area contributed by atoms with Gasteiger partial charge in [-0.2, -0.15) is 0 Å². The van der Waals surface area contributed by atoms with Crippen LogP contribution in [0.4, 0.5) is 0 Å². The molecule has 0 spiro atoms. The molecule has 0 heteroatoms. The Morgan fingerprint density at radius 3 is 2.29 bits per heavy atom. The smallest absolute Gasteiger partial charge is 0.0153 e. The van der Waals surface area contributed by atoms with Gasteiger partial charge in [0.05, 0.1) is 0 Å². The highest BCUT2D eigenvalue weighted by atomic mass is 14.6. The van der Waals surface area contributed by atoms with Gasteiger partial charge in [0.2, 0.25) is 0 Å². The summed E-state index contributed by atoms with van der Waals surface area (Å²) in [5, 5.41) is 0. The first-order valence-corrected chi connectivity index (χ1v) is 14.3. The predicted molar refractivity (Wildman–Crippen MR) is 167 cm³/mol.